The van der Waals surface area contributed by atoms with Gasteiger partial charge in [0.15, 0.2) is 0 Å². The van der Waals surface area contributed by atoms with Crippen LogP contribution in [0.25, 0.3) is 0 Å². The largest absolute Gasteiger partial charge is 0.341 e. The highest BCUT2D eigenvalue weighted by Crippen LogP contribution is 2.29. The Morgan fingerprint density at radius 3 is 2.39 bits per heavy atom. The molecular formula is C22H24N4O2. The molecule has 1 aliphatic heterocycles. The molecule has 0 spiro atoms. The van der Waals surface area contributed by atoms with Crippen LogP contribution in [0.5, 0.6) is 0 Å². The van der Waals surface area contributed by atoms with Crippen molar-refractivity contribution in [3.05, 3.63) is 64.7 Å². The van der Waals surface area contributed by atoms with Crippen molar-refractivity contribution >= 4 is 17.6 Å². The average Bonchev–Trinajstić information content (AvgIpc) is 2.75. The van der Waals surface area contributed by atoms with Gasteiger partial charge in [-0.25, -0.2) is 4.79 Å². The standard InChI is InChI=1S/C22H24N4O2/c1-15-3-6-19(13-20(15)25-22(28)24-2)21(27)26-11-9-18(10-12-26)17-7-4-16(14-23)5-8-17/h3-8,13,18H,9-12H2,1-2H3,(H2,24,25,28). The maximum Gasteiger partial charge on any atom is 0.318 e. The Bertz CT molecular complexity index is 907. The number of likely N-dealkylation sites (tertiary alicyclic amines) is 1. The second-order valence-corrected chi connectivity index (χ2v) is 7.03. The first-order chi connectivity index (χ1) is 13.5. The second-order valence-electron chi connectivity index (χ2n) is 7.03. The molecule has 1 fully saturated rings. The van der Waals surface area contributed by atoms with Crippen LogP contribution in [0.15, 0.2) is 42.5 Å². The summed E-state index contributed by atoms with van der Waals surface area (Å²) in [5, 5.41) is 14.2. The molecule has 3 amide bonds. The number of benzene rings is 2. The highest BCUT2D eigenvalue weighted by atomic mass is 16.2. The van der Waals surface area contributed by atoms with Crippen LogP contribution in [-0.4, -0.2) is 37.0 Å². The minimum absolute atomic E-state index is 0.0155. The fourth-order valence-corrected chi connectivity index (χ4v) is 3.50. The maximum atomic E-state index is 12.9. The molecule has 0 saturated carbocycles. The van der Waals surface area contributed by atoms with Crippen molar-refractivity contribution in [3.8, 4) is 6.07 Å². The van der Waals surface area contributed by atoms with Crippen molar-refractivity contribution in [2.24, 2.45) is 0 Å². The van der Waals surface area contributed by atoms with Gasteiger partial charge < -0.3 is 15.5 Å². The normalized spacial score (nSPS) is 14.2. The number of carbonyl (C=O) groups excluding carboxylic acids is 2. The van der Waals surface area contributed by atoms with E-state index in [0.717, 1.165) is 18.4 Å². The van der Waals surface area contributed by atoms with E-state index in [9.17, 15) is 9.59 Å². The number of nitrogens with one attached hydrogen (secondary N) is 2. The minimum atomic E-state index is -0.309. The molecular weight excluding hydrogens is 352 g/mol. The lowest BCUT2D eigenvalue weighted by Gasteiger charge is -2.32. The molecule has 6 heteroatoms. The molecule has 1 heterocycles. The molecule has 2 aromatic rings. The summed E-state index contributed by atoms with van der Waals surface area (Å²) in [6.45, 7) is 3.27. The van der Waals surface area contributed by atoms with Gasteiger partial charge in [0.05, 0.1) is 11.6 Å². The van der Waals surface area contributed by atoms with Crippen molar-refractivity contribution < 1.29 is 9.59 Å². The third-order valence-electron chi connectivity index (χ3n) is 5.25. The summed E-state index contributed by atoms with van der Waals surface area (Å²) in [5.74, 6) is 0.388. The zero-order valence-corrected chi connectivity index (χ0v) is 16.2. The van der Waals surface area contributed by atoms with Gasteiger partial charge in [-0.2, -0.15) is 5.26 Å². The van der Waals surface area contributed by atoms with Gasteiger partial charge in [-0.3, -0.25) is 4.79 Å². The molecule has 2 N–H and O–H groups in total. The average molecular weight is 376 g/mol. The lowest BCUT2D eigenvalue weighted by molar-refractivity contribution is 0.0713. The van der Waals surface area contributed by atoms with E-state index < -0.39 is 0 Å². The molecule has 0 aromatic heterocycles. The molecule has 2 aromatic carbocycles. The van der Waals surface area contributed by atoms with Crippen molar-refractivity contribution in [1.29, 1.82) is 5.26 Å². The van der Waals surface area contributed by atoms with E-state index in [1.807, 2.05) is 42.2 Å². The fourth-order valence-electron chi connectivity index (χ4n) is 3.50. The highest BCUT2D eigenvalue weighted by Gasteiger charge is 2.25. The Balaban J connectivity index is 1.65. The SMILES string of the molecule is CNC(=O)Nc1cc(C(=O)N2CCC(c3ccc(C#N)cc3)CC2)ccc1C. The van der Waals surface area contributed by atoms with Crippen LogP contribution in [0.1, 0.15) is 45.8 Å². The van der Waals surface area contributed by atoms with Gasteiger partial charge in [0.1, 0.15) is 0 Å². The first-order valence-corrected chi connectivity index (χ1v) is 9.40. The van der Waals surface area contributed by atoms with E-state index in [0.29, 0.717) is 35.8 Å². The Morgan fingerprint density at radius 1 is 1.11 bits per heavy atom. The van der Waals surface area contributed by atoms with Gasteiger partial charge in [0.2, 0.25) is 0 Å². The predicted molar refractivity (Wildman–Crippen MR) is 108 cm³/mol. The smallest absolute Gasteiger partial charge is 0.318 e. The third-order valence-corrected chi connectivity index (χ3v) is 5.25. The van der Waals surface area contributed by atoms with E-state index in [1.165, 1.54) is 5.56 Å². The van der Waals surface area contributed by atoms with Crippen LogP contribution >= 0.6 is 0 Å². The number of anilines is 1. The lowest BCUT2D eigenvalue weighted by atomic mass is 9.89. The number of hydrogen-bond acceptors (Lipinski definition) is 3. The molecule has 144 valence electrons. The first-order valence-electron chi connectivity index (χ1n) is 9.40. The highest BCUT2D eigenvalue weighted by molar-refractivity contribution is 5.97. The van der Waals surface area contributed by atoms with E-state index >= 15 is 0 Å². The van der Waals surface area contributed by atoms with Crippen LogP contribution in [0.2, 0.25) is 0 Å². The quantitative estimate of drug-likeness (QED) is 0.858. The van der Waals surface area contributed by atoms with E-state index in [1.54, 1.807) is 19.2 Å². The van der Waals surface area contributed by atoms with Gasteiger partial charge in [-0.15, -0.1) is 0 Å². The molecule has 6 nitrogen and oxygen atoms in total. The summed E-state index contributed by atoms with van der Waals surface area (Å²) < 4.78 is 0. The van der Waals surface area contributed by atoms with Gasteiger partial charge in [0.25, 0.3) is 5.91 Å². The number of piperidine rings is 1. The maximum absolute atomic E-state index is 12.9. The summed E-state index contributed by atoms with van der Waals surface area (Å²) >= 11 is 0. The number of urea groups is 1. The fraction of sp³-hybridized carbons (Fsp3) is 0.318. The van der Waals surface area contributed by atoms with E-state index in [-0.39, 0.29) is 11.9 Å². The second kappa shape index (κ2) is 8.57. The van der Waals surface area contributed by atoms with Crippen molar-refractivity contribution in [1.82, 2.24) is 10.2 Å². The van der Waals surface area contributed by atoms with E-state index in [4.69, 9.17) is 5.26 Å². The van der Waals surface area contributed by atoms with Gasteiger partial charge in [0, 0.05) is 31.4 Å². The van der Waals surface area contributed by atoms with Crippen LogP contribution in [0.4, 0.5) is 10.5 Å². The van der Waals surface area contributed by atoms with Gasteiger partial charge in [-0.05, 0) is 61.1 Å². The topological polar surface area (TPSA) is 85.2 Å². The molecule has 0 bridgehead atoms. The van der Waals surface area contributed by atoms with Gasteiger partial charge in [-0.1, -0.05) is 18.2 Å². The number of carbonyl (C=O) groups is 2. The number of amides is 3. The summed E-state index contributed by atoms with van der Waals surface area (Å²) in [6.07, 6.45) is 1.79. The predicted octanol–water partition coefficient (Wildman–Crippen LogP) is 3.64. The van der Waals surface area contributed by atoms with Crippen molar-refractivity contribution in [3.63, 3.8) is 0 Å². The molecule has 0 aliphatic carbocycles. The summed E-state index contributed by atoms with van der Waals surface area (Å²) in [6, 6.07) is 14.9. The summed E-state index contributed by atoms with van der Waals surface area (Å²) in [7, 11) is 1.55. The number of nitrogens with zero attached hydrogens (tertiary/aromatic N) is 2. The molecule has 0 radical (unpaired) electrons. The Kier molecular flexibility index (Phi) is 5.95. The number of hydrogen-bond donors (Lipinski definition) is 2. The number of rotatable bonds is 3. The lowest BCUT2D eigenvalue weighted by Crippen LogP contribution is -2.38. The molecule has 28 heavy (non-hydrogen) atoms. The van der Waals surface area contributed by atoms with Crippen molar-refractivity contribution in [2.75, 3.05) is 25.5 Å². The summed E-state index contributed by atoms with van der Waals surface area (Å²) in [5.41, 5.74) is 4.00. The molecule has 1 saturated heterocycles. The van der Waals surface area contributed by atoms with Crippen LogP contribution in [-0.2, 0) is 0 Å². The Hall–Kier alpha value is -3.33. The minimum Gasteiger partial charge on any atom is -0.341 e. The molecule has 1 aliphatic rings. The first kappa shape index (κ1) is 19.4. The van der Waals surface area contributed by atoms with Crippen LogP contribution < -0.4 is 10.6 Å². The number of nitriles is 1. The van der Waals surface area contributed by atoms with Gasteiger partial charge >= 0.3 is 6.03 Å². The molecule has 0 unspecified atom stereocenters. The Morgan fingerprint density at radius 2 is 1.79 bits per heavy atom. The number of aryl methyl sites for hydroxylation is 1. The van der Waals surface area contributed by atoms with Crippen molar-refractivity contribution in [2.45, 2.75) is 25.7 Å². The Labute approximate surface area is 165 Å². The molecule has 0 atom stereocenters. The zero-order chi connectivity index (χ0) is 20.1. The van der Waals surface area contributed by atoms with Crippen LogP contribution in [0, 0.1) is 18.3 Å². The third kappa shape index (κ3) is 4.32. The van der Waals surface area contributed by atoms with E-state index in [2.05, 4.69) is 16.7 Å². The van der Waals surface area contributed by atoms with Crippen LogP contribution in [0.3, 0.4) is 0 Å². The zero-order valence-electron chi connectivity index (χ0n) is 16.2. The molecule has 3 rings (SSSR count). The monoisotopic (exact) mass is 376 g/mol. The summed E-state index contributed by atoms with van der Waals surface area (Å²) in [4.78, 5) is 26.4.